The third-order valence-electron chi connectivity index (χ3n) is 5.25. The van der Waals surface area contributed by atoms with Crippen molar-refractivity contribution in [1.29, 1.82) is 0 Å². The molecule has 2 aliphatic rings. The van der Waals surface area contributed by atoms with Crippen molar-refractivity contribution in [3.05, 3.63) is 63.1 Å². The minimum Gasteiger partial charge on any atom is -0.497 e. The molecule has 140 valence electrons. The van der Waals surface area contributed by atoms with E-state index >= 15 is 0 Å². The predicted molar refractivity (Wildman–Crippen MR) is 102 cm³/mol. The highest BCUT2D eigenvalue weighted by molar-refractivity contribution is 6.42. The average Bonchev–Trinajstić information content (AvgIpc) is 2.95. The highest BCUT2D eigenvalue weighted by atomic mass is 35.5. The molecule has 2 aromatic rings. The van der Waals surface area contributed by atoms with Crippen molar-refractivity contribution in [2.24, 2.45) is 0 Å². The Labute approximate surface area is 166 Å². The maximum absolute atomic E-state index is 12.8. The third-order valence-corrected chi connectivity index (χ3v) is 5.99. The lowest BCUT2D eigenvalue weighted by molar-refractivity contribution is -0.0390. The van der Waals surface area contributed by atoms with E-state index < -0.39 is 5.60 Å². The van der Waals surface area contributed by atoms with Crippen LogP contribution in [0.2, 0.25) is 10.0 Å². The zero-order valence-electron chi connectivity index (χ0n) is 14.6. The minimum atomic E-state index is -0.699. The van der Waals surface area contributed by atoms with Crippen molar-refractivity contribution < 1.29 is 19.1 Å². The van der Waals surface area contributed by atoms with Gasteiger partial charge in [0.25, 0.3) is 5.91 Å². The molecule has 1 amide bonds. The van der Waals surface area contributed by atoms with E-state index in [-0.39, 0.29) is 11.9 Å². The molecule has 0 atom stereocenters. The lowest BCUT2D eigenvalue weighted by Gasteiger charge is -2.38. The van der Waals surface area contributed by atoms with Crippen LogP contribution >= 0.6 is 23.2 Å². The van der Waals surface area contributed by atoms with Crippen LogP contribution in [0.1, 0.15) is 39.1 Å². The molecule has 0 saturated carbocycles. The second-order valence-corrected chi connectivity index (χ2v) is 7.53. The van der Waals surface area contributed by atoms with Gasteiger partial charge in [-0.3, -0.25) is 4.79 Å². The number of carbonyl (C=O) groups excluding carboxylic acids is 2. The van der Waals surface area contributed by atoms with Gasteiger partial charge in [-0.2, -0.15) is 0 Å². The van der Waals surface area contributed by atoms with Crippen LogP contribution in [0.25, 0.3) is 0 Å². The van der Waals surface area contributed by atoms with Gasteiger partial charge in [0.05, 0.1) is 22.7 Å². The SMILES string of the molecule is COc1ccc2c(c1)C1(CCN(C(=O)c3ccc(Cl)c(Cl)c3)CC1)OC2=O. The Kier molecular flexibility index (Phi) is 4.52. The minimum absolute atomic E-state index is 0.112. The summed E-state index contributed by atoms with van der Waals surface area (Å²) in [5.74, 6) is 0.247. The topological polar surface area (TPSA) is 55.8 Å². The number of rotatable bonds is 2. The van der Waals surface area contributed by atoms with Crippen LogP contribution in [0, 0.1) is 0 Å². The number of hydrogen-bond donors (Lipinski definition) is 0. The van der Waals surface area contributed by atoms with Crippen LogP contribution in [-0.2, 0) is 10.3 Å². The molecule has 1 spiro atoms. The van der Waals surface area contributed by atoms with Gasteiger partial charge in [0.15, 0.2) is 0 Å². The number of fused-ring (bicyclic) bond motifs is 2. The molecule has 7 heteroatoms. The molecular weight excluding hydrogens is 389 g/mol. The standard InChI is InChI=1S/C20H17Cl2NO4/c1-26-13-3-4-14-15(11-13)20(27-19(14)25)6-8-23(9-7-20)18(24)12-2-5-16(21)17(22)10-12/h2-5,10-11H,6-9H2,1H3. The Balaban J connectivity index is 1.55. The van der Waals surface area contributed by atoms with Crippen molar-refractivity contribution in [2.75, 3.05) is 20.2 Å². The van der Waals surface area contributed by atoms with Crippen LogP contribution in [0.3, 0.4) is 0 Å². The molecule has 0 aromatic heterocycles. The van der Waals surface area contributed by atoms with E-state index in [1.807, 2.05) is 6.07 Å². The summed E-state index contributed by atoms with van der Waals surface area (Å²) in [7, 11) is 1.59. The molecule has 0 radical (unpaired) electrons. The largest absolute Gasteiger partial charge is 0.497 e. The smallest absolute Gasteiger partial charge is 0.339 e. The first-order valence-electron chi connectivity index (χ1n) is 8.60. The zero-order valence-corrected chi connectivity index (χ0v) is 16.1. The van der Waals surface area contributed by atoms with Crippen molar-refractivity contribution in [3.63, 3.8) is 0 Å². The molecule has 2 aromatic carbocycles. The van der Waals surface area contributed by atoms with Crippen LogP contribution in [0.5, 0.6) is 5.75 Å². The number of esters is 1. The first-order valence-corrected chi connectivity index (χ1v) is 9.35. The lowest BCUT2D eigenvalue weighted by atomic mass is 9.83. The van der Waals surface area contributed by atoms with Gasteiger partial charge in [-0.1, -0.05) is 23.2 Å². The van der Waals surface area contributed by atoms with Crippen LogP contribution in [-0.4, -0.2) is 37.0 Å². The summed E-state index contributed by atoms with van der Waals surface area (Å²) < 4.78 is 11.0. The summed E-state index contributed by atoms with van der Waals surface area (Å²) in [6, 6.07) is 10.2. The number of amides is 1. The van der Waals surface area contributed by atoms with E-state index in [1.54, 1.807) is 42.3 Å². The number of likely N-dealkylation sites (tertiary alicyclic amines) is 1. The second kappa shape index (κ2) is 6.73. The van der Waals surface area contributed by atoms with Gasteiger partial charge < -0.3 is 14.4 Å². The van der Waals surface area contributed by atoms with Crippen molar-refractivity contribution in [2.45, 2.75) is 18.4 Å². The average molecular weight is 406 g/mol. The fraction of sp³-hybridized carbons (Fsp3) is 0.300. The Morgan fingerprint density at radius 3 is 2.52 bits per heavy atom. The zero-order chi connectivity index (χ0) is 19.2. The summed E-state index contributed by atoms with van der Waals surface area (Å²) in [5.41, 5.74) is 1.20. The van der Waals surface area contributed by atoms with E-state index in [2.05, 4.69) is 0 Å². The molecule has 0 bridgehead atoms. The highest BCUT2D eigenvalue weighted by Crippen LogP contribution is 2.45. The van der Waals surface area contributed by atoms with Crippen molar-refractivity contribution >= 4 is 35.1 Å². The number of hydrogen-bond acceptors (Lipinski definition) is 4. The molecule has 0 N–H and O–H groups in total. The summed E-state index contributed by atoms with van der Waals surface area (Å²) in [6.07, 6.45) is 1.07. The summed E-state index contributed by atoms with van der Waals surface area (Å²) in [5, 5.41) is 0.760. The quantitative estimate of drug-likeness (QED) is 0.698. The molecule has 2 aliphatic heterocycles. The normalized spacial score (nSPS) is 17.6. The maximum Gasteiger partial charge on any atom is 0.339 e. The molecule has 1 fully saturated rings. The van der Waals surface area contributed by atoms with Crippen LogP contribution < -0.4 is 4.74 Å². The number of halogens is 2. The third kappa shape index (κ3) is 3.05. The van der Waals surface area contributed by atoms with E-state index in [9.17, 15) is 9.59 Å². The van der Waals surface area contributed by atoms with Crippen molar-refractivity contribution in [1.82, 2.24) is 4.90 Å². The Morgan fingerprint density at radius 2 is 1.85 bits per heavy atom. The number of methoxy groups -OCH3 is 1. The number of piperidine rings is 1. The second-order valence-electron chi connectivity index (χ2n) is 6.72. The lowest BCUT2D eigenvalue weighted by Crippen LogP contribution is -2.45. The summed E-state index contributed by atoms with van der Waals surface area (Å²) >= 11 is 11.9. The van der Waals surface area contributed by atoms with Gasteiger partial charge in [-0.25, -0.2) is 4.79 Å². The van der Waals surface area contributed by atoms with Crippen molar-refractivity contribution in [3.8, 4) is 5.75 Å². The number of benzene rings is 2. The first-order chi connectivity index (χ1) is 12.9. The van der Waals surface area contributed by atoms with Gasteiger partial charge in [0, 0.05) is 37.1 Å². The molecule has 1 saturated heterocycles. The van der Waals surface area contributed by atoms with Gasteiger partial charge in [0.1, 0.15) is 11.4 Å². The molecule has 0 aliphatic carbocycles. The predicted octanol–water partition coefficient (Wildman–Crippen LogP) is 4.30. The van der Waals surface area contributed by atoms with E-state index in [1.165, 1.54) is 0 Å². The number of carbonyl (C=O) groups is 2. The van der Waals surface area contributed by atoms with E-state index in [0.717, 1.165) is 5.56 Å². The Morgan fingerprint density at radius 1 is 1.11 bits per heavy atom. The monoisotopic (exact) mass is 405 g/mol. The molecule has 5 nitrogen and oxygen atoms in total. The van der Waals surface area contributed by atoms with E-state index in [4.69, 9.17) is 32.7 Å². The fourth-order valence-electron chi connectivity index (χ4n) is 3.75. The molecule has 0 unspecified atom stereocenters. The number of ether oxygens (including phenoxy) is 2. The summed E-state index contributed by atoms with van der Waals surface area (Å²) in [4.78, 5) is 26.8. The van der Waals surface area contributed by atoms with Gasteiger partial charge in [-0.05, 0) is 36.4 Å². The van der Waals surface area contributed by atoms with Crippen LogP contribution in [0.15, 0.2) is 36.4 Å². The molecule has 4 rings (SSSR count). The fourth-order valence-corrected chi connectivity index (χ4v) is 4.04. The Hall–Kier alpha value is -2.24. The molecule has 27 heavy (non-hydrogen) atoms. The molecule has 2 heterocycles. The van der Waals surface area contributed by atoms with E-state index in [0.29, 0.717) is 52.9 Å². The van der Waals surface area contributed by atoms with Gasteiger partial charge in [-0.15, -0.1) is 0 Å². The maximum atomic E-state index is 12.8. The molecular formula is C20H17Cl2NO4. The van der Waals surface area contributed by atoms with Crippen LogP contribution in [0.4, 0.5) is 0 Å². The first kappa shape index (κ1) is 18.1. The number of nitrogens with zero attached hydrogens (tertiary/aromatic N) is 1. The highest BCUT2D eigenvalue weighted by Gasteiger charge is 2.48. The van der Waals surface area contributed by atoms with Gasteiger partial charge in [0.2, 0.25) is 0 Å². The Bertz CT molecular complexity index is 936. The van der Waals surface area contributed by atoms with Gasteiger partial charge >= 0.3 is 5.97 Å². The summed E-state index contributed by atoms with van der Waals surface area (Å²) in [6.45, 7) is 0.950.